The van der Waals surface area contributed by atoms with Crippen LogP contribution in [0.4, 0.5) is 0 Å². The Balaban J connectivity index is 1.78. The van der Waals surface area contributed by atoms with Crippen molar-refractivity contribution in [3.63, 3.8) is 0 Å². The van der Waals surface area contributed by atoms with Crippen molar-refractivity contribution in [3.05, 3.63) is 35.4 Å². The highest BCUT2D eigenvalue weighted by molar-refractivity contribution is 5.77. The summed E-state index contributed by atoms with van der Waals surface area (Å²) in [5, 5.41) is 9.41. The van der Waals surface area contributed by atoms with E-state index in [2.05, 4.69) is 4.90 Å². The molecule has 0 aliphatic carbocycles. The molecule has 1 aromatic rings. The topological polar surface area (TPSA) is 49.8 Å². The number of hydrogen-bond acceptors (Lipinski definition) is 3. The highest BCUT2D eigenvalue weighted by Gasteiger charge is 2.31. The zero-order valence-corrected chi connectivity index (χ0v) is 10.9. The van der Waals surface area contributed by atoms with Crippen LogP contribution < -0.4 is 0 Å². The van der Waals surface area contributed by atoms with Crippen LogP contribution in [0.1, 0.15) is 23.5 Å². The molecule has 0 saturated carbocycles. The van der Waals surface area contributed by atoms with Crippen molar-refractivity contribution in [1.29, 1.82) is 0 Å². The van der Waals surface area contributed by atoms with Crippen molar-refractivity contribution < 1.29 is 14.6 Å². The molecule has 0 aromatic heterocycles. The Kier molecular flexibility index (Phi) is 3.53. The Labute approximate surface area is 113 Å². The zero-order valence-electron chi connectivity index (χ0n) is 10.9. The minimum Gasteiger partial charge on any atom is -0.481 e. The van der Waals surface area contributed by atoms with Crippen molar-refractivity contribution in [3.8, 4) is 0 Å². The molecule has 4 heteroatoms. The second-order valence-corrected chi connectivity index (χ2v) is 5.51. The summed E-state index contributed by atoms with van der Waals surface area (Å²) in [4.78, 5) is 13.7. The van der Waals surface area contributed by atoms with Crippen LogP contribution in [0.25, 0.3) is 0 Å². The van der Waals surface area contributed by atoms with Gasteiger partial charge in [-0.3, -0.25) is 9.69 Å². The first kappa shape index (κ1) is 12.6. The van der Waals surface area contributed by atoms with Gasteiger partial charge in [-0.1, -0.05) is 24.3 Å². The Morgan fingerprint density at radius 1 is 1.42 bits per heavy atom. The summed E-state index contributed by atoms with van der Waals surface area (Å²) in [5.74, 6) is -0.563. The molecule has 4 nitrogen and oxygen atoms in total. The first-order valence-corrected chi connectivity index (χ1v) is 6.85. The SMILES string of the molecule is O=C(O)C1CN(CC2CCOC2)Cc2ccccc21. The summed E-state index contributed by atoms with van der Waals surface area (Å²) in [6.07, 6.45) is 1.09. The monoisotopic (exact) mass is 261 g/mol. The number of benzene rings is 1. The molecule has 0 spiro atoms. The van der Waals surface area contributed by atoms with Crippen molar-refractivity contribution in [2.24, 2.45) is 5.92 Å². The summed E-state index contributed by atoms with van der Waals surface area (Å²) in [7, 11) is 0. The quantitative estimate of drug-likeness (QED) is 0.900. The Hall–Kier alpha value is -1.39. The Bertz CT molecular complexity index is 468. The highest BCUT2D eigenvalue weighted by atomic mass is 16.5. The highest BCUT2D eigenvalue weighted by Crippen LogP contribution is 2.29. The molecule has 2 heterocycles. The first-order chi connectivity index (χ1) is 9.24. The Morgan fingerprint density at radius 2 is 2.26 bits per heavy atom. The number of hydrogen-bond donors (Lipinski definition) is 1. The first-order valence-electron chi connectivity index (χ1n) is 6.85. The maximum Gasteiger partial charge on any atom is 0.312 e. The van der Waals surface area contributed by atoms with Gasteiger partial charge in [0.05, 0.1) is 12.5 Å². The third-order valence-corrected chi connectivity index (χ3v) is 4.10. The third-order valence-electron chi connectivity index (χ3n) is 4.10. The molecule has 102 valence electrons. The second kappa shape index (κ2) is 5.31. The van der Waals surface area contributed by atoms with E-state index in [-0.39, 0.29) is 0 Å². The maximum atomic E-state index is 11.4. The van der Waals surface area contributed by atoms with Gasteiger partial charge in [0, 0.05) is 26.2 Å². The fourth-order valence-corrected chi connectivity index (χ4v) is 3.12. The number of carboxylic acid groups (broad SMARTS) is 1. The van der Waals surface area contributed by atoms with Crippen LogP contribution in [-0.4, -0.2) is 42.3 Å². The minimum absolute atomic E-state index is 0.396. The molecule has 1 N–H and O–H groups in total. The van der Waals surface area contributed by atoms with Gasteiger partial charge >= 0.3 is 5.97 Å². The molecule has 0 bridgehead atoms. The van der Waals surface area contributed by atoms with E-state index in [1.165, 1.54) is 0 Å². The van der Waals surface area contributed by atoms with Crippen LogP contribution in [-0.2, 0) is 16.1 Å². The molecule has 0 radical (unpaired) electrons. The molecule has 2 aliphatic rings. The summed E-state index contributed by atoms with van der Waals surface area (Å²) in [5.41, 5.74) is 2.13. The molecule has 2 unspecified atom stereocenters. The smallest absolute Gasteiger partial charge is 0.312 e. The van der Waals surface area contributed by atoms with Gasteiger partial charge in [-0.2, -0.15) is 0 Å². The lowest BCUT2D eigenvalue weighted by Gasteiger charge is -2.34. The van der Waals surface area contributed by atoms with Crippen molar-refractivity contribution in [2.45, 2.75) is 18.9 Å². The van der Waals surface area contributed by atoms with Crippen LogP contribution in [0.15, 0.2) is 24.3 Å². The number of fused-ring (bicyclic) bond motifs is 1. The average molecular weight is 261 g/mol. The Morgan fingerprint density at radius 3 is 3.00 bits per heavy atom. The van der Waals surface area contributed by atoms with Gasteiger partial charge in [0.2, 0.25) is 0 Å². The molecule has 1 saturated heterocycles. The molecule has 19 heavy (non-hydrogen) atoms. The summed E-state index contributed by atoms with van der Waals surface area (Å²) >= 11 is 0. The predicted octanol–water partition coefficient (Wildman–Crippen LogP) is 1.71. The number of carboxylic acids is 1. The molecular formula is C15H19NO3. The number of carbonyl (C=O) groups is 1. The maximum absolute atomic E-state index is 11.4. The predicted molar refractivity (Wildman–Crippen MR) is 71.0 cm³/mol. The van der Waals surface area contributed by atoms with Gasteiger partial charge in [-0.25, -0.2) is 0 Å². The molecular weight excluding hydrogens is 242 g/mol. The second-order valence-electron chi connectivity index (χ2n) is 5.51. The molecule has 3 rings (SSSR count). The van der Waals surface area contributed by atoms with Gasteiger partial charge < -0.3 is 9.84 Å². The van der Waals surface area contributed by atoms with E-state index in [1.54, 1.807) is 0 Å². The van der Waals surface area contributed by atoms with E-state index < -0.39 is 11.9 Å². The van der Waals surface area contributed by atoms with Crippen LogP contribution in [0.3, 0.4) is 0 Å². The molecule has 2 aliphatic heterocycles. The fraction of sp³-hybridized carbons (Fsp3) is 0.533. The third kappa shape index (κ3) is 2.65. The zero-order chi connectivity index (χ0) is 13.2. The summed E-state index contributed by atoms with van der Waals surface area (Å²) in [6.45, 7) is 4.07. The largest absolute Gasteiger partial charge is 0.481 e. The van der Waals surface area contributed by atoms with E-state index in [0.29, 0.717) is 12.5 Å². The standard InChI is InChI=1S/C15H19NO3/c17-15(18)14-9-16(7-11-5-6-19-10-11)8-12-3-1-2-4-13(12)14/h1-4,11,14H,5-10H2,(H,17,18). The van der Waals surface area contributed by atoms with Gasteiger partial charge in [0.1, 0.15) is 0 Å². The van der Waals surface area contributed by atoms with Crippen LogP contribution in [0.5, 0.6) is 0 Å². The number of rotatable bonds is 3. The lowest BCUT2D eigenvalue weighted by molar-refractivity contribution is -0.139. The average Bonchev–Trinajstić information content (AvgIpc) is 2.90. The summed E-state index contributed by atoms with van der Waals surface area (Å²) in [6, 6.07) is 7.90. The van der Waals surface area contributed by atoms with E-state index in [9.17, 15) is 9.90 Å². The van der Waals surface area contributed by atoms with Crippen molar-refractivity contribution in [2.75, 3.05) is 26.3 Å². The molecule has 1 aromatic carbocycles. The van der Waals surface area contributed by atoms with Crippen LogP contribution >= 0.6 is 0 Å². The minimum atomic E-state index is -0.722. The normalized spacial score (nSPS) is 27.2. The van der Waals surface area contributed by atoms with Gasteiger partial charge in [0.25, 0.3) is 0 Å². The van der Waals surface area contributed by atoms with E-state index in [0.717, 1.165) is 43.9 Å². The lowest BCUT2D eigenvalue weighted by Crippen LogP contribution is -2.39. The fourth-order valence-electron chi connectivity index (χ4n) is 3.12. The van der Waals surface area contributed by atoms with Crippen molar-refractivity contribution >= 4 is 5.97 Å². The lowest BCUT2D eigenvalue weighted by atomic mass is 9.89. The number of aliphatic carboxylic acids is 1. The van der Waals surface area contributed by atoms with E-state index in [4.69, 9.17) is 4.74 Å². The molecule has 0 amide bonds. The van der Waals surface area contributed by atoms with Gasteiger partial charge in [-0.15, -0.1) is 0 Å². The van der Waals surface area contributed by atoms with Gasteiger partial charge in [0.15, 0.2) is 0 Å². The van der Waals surface area contributed by atoms with E-state index in [1.807, 2.05) is 24.3 Å². The molecule has 2 atom stereocenters. The van der Waals surface area contributed by atoms with E-state index >= 15 is 0 Å². The summed E-state index contributed by atoms with van der Waals surface area (Å²) < 4.78 is 5.40. The molecule has 1 fully saturated rings. The van der Waals surface area contributed by atoms with Gasteiger partial charge in [-0.05, 0) is 23.5 Å². The van der Waals surface area contributed by atoms with Crippen LogP contribution in [0, 0.1) is 5.92 Å². The van der Waals surface area contributed by atoms with Crippen molar-refractivity contribution in [1.82, 2.24) is 4.90 Å². The number of nitrogens with zero attached hydrogens (tertiary/aromatic N) is 1. The van der Waals surface area contributed by atoms with Crippen LogP contribution in [0.2, 0.25) is 0 Å². The number of ether oxygens (including phenoxy) is 1.